The van der Waals surface area contributed by atoms with E-state index in [1.165, 1.54) is 24.8 Å². The Morgan fingerprint density at radius 1 is 1.00 bits per heavy atom. The molecule has 0 aromatic heterocycles. The molecule has 2 aliphatic rings. The Morgan fingerprint density at radius 2 is 1.77 bits per heavy atom. The van der Waals surface area contributed by atoms with Crippen LogP contribution in [0.2, 0.25) is 0 Å². The number of hydrogen-bond donors (Lipinski definition) is 1. The Labute approximate surface area is 184 Å². The van der Waals surface area contributed by atoms with Crippen molar-refractivity contribution in [1.29, 1.82) is 0 Å². The number of methoxy groups -OCH3 is 1. The molecule has 2 aromatic rings. The van der Waals surface area contributed by atoms with Crippen LogP contribution in [0.15, 0.2) is 42.5 Å². The van der Waals surface area contributed by atoms with Gasteiger partial charge in [-0.25, -0.2) is 4.79 Å². The van der Waals surface area contributed by atoms with Crippen LogP contribution in [0.25, 0.3) is 0 Å². The fourth-order valence-corrected chi connectivity index (χ4v) is 4.82. The van der Waals surface area contributed by atoms with Crippen molar-refractivity contribution >= 4 is 5.97 Å². The number of aromatic carboxylic acids is 1. The molecule has 0 unspecified atom stereocenters. The zero-order valence-electron chi connectivity index (χ0n) is 18.2. The predicted octanol–water partition coefficient (Wildman–Crippen LogP) is 5.97. The normalized spacial score (nSPS) is 18.1. The Hall–Kier alpha value is -2.93. The lowest BCUT2D eigenvalue weighted by Gasteiger charge is -2.33. The van der Waals surface area contributed by atoms with Crippen molar-refractivity contribution < 1.29 is 19.4 Å². The lowest BCUT2D eigenvalue weighted by molar-refractivity contribution is 0.0697. The van der Waals surface area contributed by atoms with Crippen molar-refractivity contribution in [2.24, 2.45) is 0 Å². The van der Waals surface area contributed by atoms with Crippen LogP contribution >= 0.6 is 0 Å². The molecular weight excluding hydrogens is 388 g/mol. The first-order chi connectivity index (χ1) is 15.1. The van der Waals surface area contributed by atoms with Gasteiger partial charge in [0.1, 0.15) is 0 Å². The average Bonchev–Trinajstić information content (AvgIpc) is 3.31. The highest BCUT2D eigenvalue weighted by Crippen LogP contribution is 2.42. The number of carbonyl (C=O) groups is 1. The summed E-state index contributed by atoms with van der Waals surface area (Å²) in [5.74, 6) is 7.49. The van der Waals surface area contributed by atoms with E-state index in [0.29, 0.717) is 0 Å². The third-order valence-electron chi connectivity index (χ3n) is 6.57. The lowest BCUT2D eigenvalue weighted by Crippen LogP contribution is -2.27. The molecular formula is C27H30O4. The van der Waals surface area contributed by atoms with Gasteiger partial charge < -0.3 is 14.6 Å². The first-order valence-electron chi connectivity index (χ1n) is 11.3. The number of benzene rings is 2. The summed E-state index contributed by atoms with van der Waals surface area (Å²) < 4.78 is 11.9. The number of carboxylic acid groups (broad SMARTS) is 1. The molecule has 4 nitrogen and oxygen atoms in total. The molecule has 162 valence electrons. The minimum absolute atomic E-state index is 0.252. The van der Waals surface area contributed by atoms with Crippen LogP contribution < -0.4 is 9.47 Å². The van der Waals surface area contributed by atoms with Gasteiger partial charge in [0.2, 0.25) is 0 Å². The van der Waals surface area contributed by atoms with Gasteiger partial charge in [-0.05, 0) is 74.4 Å². The van der Waals surface area contributed by atoms with Crippen LogP contribution in [0.4, 0.5) is 0 Å². The summed E-state index contributed by atoms with van der Waals surface area (Å²) in [6.07, 6.45) is 10.4. The van der Waals surface area contributed by atoms with Gasteiger partial charge >= 0.3 is 5.97 Å². The van der Waals surface area contributed by atoms with Crippen LogP contribution in [-0.4, -0.2) is 24.3 Å². The maximum Gasteiger partial charge on any atom is 0.335 e. The van der Waals surface area contributed by atoms with Gasteiger partial charge in [0.25, 0.3) is 0 Å². The van der Waals surface area contributed by atoms with Crippen LogP contribution in [0.5, 0.6) is 11.5 Å². The van der Waals surface area contributed by atoms with Crippen molar-refractivity contribution in [2.75, 3.05) is 7.11 Å². The Morgan fingerprint density at radius 3 is 2.48 bits per heavy atom. The molecule has 0 heterocycles. The van der Waals surface area contributed by atoms with Crippen LogP contribution in [-0.2, 0) is 5.41 Å². The minimum Gasteiger partial charge on any atom is -0.493 e. The van der Waals surface area contributed by atoms with Crippen molar-refractivity contribution in [3.8, 4) is 23.3 Å². The highest BCUT2D eigenvalue weighted by Gasteiger charge is 2.33. The Kier molecular flexibility index (Phi) is 6.51. The molecule has 0 spiro atoms. The Bertz CT molecular complexity index is 986. The molecule has 2 fully saturated rings. The average molecular weight is 419 g/mol. The molecule has 1 N–H and O–H groups in total. The molecule has 4 heteroatoms. The van der Waals surface area contributed by atoms with Crippen molar-refractivity contribution in [3.05, 3.63) is 59.2 Å². The first-order valence-corrected chi connectivity index (χ1v) is 11.3. The second-order valence-electron chi connectivity index (χ2n) is 8.67. The summed E-state index contributed by atoms with van der Waals surface area (Å²) in [6, 6.07) is 13.1. The van der Waals surface area contributed by atoms with Gasteiger partial charge in [-0.15, -0.1) is 0 Å². The van der Waals surface area contributed by atoms with Crippen LogP contribution in [0.3, 0.4) is 0 Å². The van der Waals surface area contributed by atoms with E-state index in [9.17, 15) is 9.90 Å². The molecule has 0 saturated heterocycles. The molecule has 2 aliphatic carbocycles. The maximum atomic E-state index is 11.3. The Balaban J connectivity index is 1.69. The van der Waals surface area contributed by atoms with E-state index in [1.54, 1.807) is 25.3 Å². The molecule has 0 aliphatic heterocycles. The topological polar surface area (TPSA) is 55.8 Å². The molecule has 0 amide bonds. The van der Waals surface area contributed by atoms with E-state index in [4.69, 9.17) is 9.47 Å². The van der Waals surface area contributed by atoms with Gasteiger partial charge in [0.15, 0.2) is 11.5 Å². The van der Waals surface area contributed by atoms with E-state index < -0.39 is 5.97 Å². The van der Waals surface area contributed by atoms with Crippen molar-refractivity contribution in [1.82, 2.24) is 0 Å². The first kappa shape index (κ1) is 21.3. The van der Waals surface area contributed by atoms with Crippen LogP contribution in [0.1, 0.15) is 79.3 Å². The highest BCUT2D eigenvalue weighted by atomic mass is 16.5. The van der Waals surface area contributed by atoms with E-state index in [1.807, 2.05) is 12.1 Å². The standard InChI is InChI=1S/C27H30O4/c1-30-24-13-12-22(19-25(24)31-23-10-3-4-11-23)27(15-5-2-6-16-27)17-14-20-8-7-9-21(18-20)26(28)29/h7-9,12-13,18-19,23H,2-6,10-11,15-16H2,1H3,(H,28,29). The van der Waals surface area contributed by atoms with Gasteiger partial charge in [-0.3, -0.25) is 0 Å². The largest absolute Gasteiger partial charge is 0.493 e. The van der Waals surface area contributed by atoms with E-state index >= 15 is 0 Å². The van der Waals surface area contributed by atoms with Gasteiger partial charge in [-0.2, -0.15) is 0 Å². The summed E-state index contributed by atoms with van der Waals surface area (Å²) in [7, 11) is 1.68. The number of ether oxygens (including phenoxy) is 2. The van der Waals surface area contributed by atoms with Gasteiger partial charge in [0.05, 0.1) is 24.2 Å². The van der Waals surface area contributed by atoms with Crippen LogP contribution in [0, 0.1) is 11.8 Å². The second kappa shape index (κ2) is 9.47. The van der Waals surface area contributed by atoms with Gasteiger partial charge in [-0.1, -0.05) is 43.2 Å². The van der Waals surface area contributed by atoms with Crippen molar-refractivity contribution in [3.63, 3.8) is 0 Å². The van der Waals surface area contributed by atoms with Gasteiger partial charge in [0, 0.05) is 5.56 Å². The molecule has 31 heavy (non-hydrogen) atoms. The summed E-state index contributed by atoms with van der Waals surface area (Å²) in [4.78, 5) is 11.3. The molecule has 2 saturated carbocycles. The highest BCUT2D eigenvalue weighted by molar-refractivity contribution is 5.88. The van der Waals surface area contributed by atoms with E-state index in [-0.39, 0.29) is 17.1 Å². The quantitative estimate of drug-likeness (QED) is 0.608. The van der Waals surface area contributed by atoms with E-state index in [0.717, 1.165) is 55.6 Å². The number of hydrogen-bond acceptors (Lipinski definition) is 3. The number of rotatable bonds is 5. The molecule has 4 rings (SSSR count). The number of carboxylic acids is 1. The maximum absolute atomic E-state index is 11.3. The molecule has 2 aromatic carbocycles. The minimum atomic E-state index is -0.931. The summed E-state index contributed by atoms with van der Waals surface area (Å²) in [5.41, 5.74) is 1.92. The SMILES string of the molecule is COc1ccc(C2(C#Cc3cccc(C(=O)O)c3)CCCCC2)cc1OC1CCCC1. The second-order valence-corrected chi connectivity index (χ2v) is 8.67. The fourth-order valence-electron chi connectivity index (χ4n) is 4.82. The monoisotopic (exact) mass is 418 g/mol. The summed E-state index contributed by atoms with van der Waals surface area (Å²) in [6.45, 7) is 0. The summed E-state index contributed by atoms with van der Waals surface area (Å²) >= 11 is 0. The zero-order valence-corrected chi connectivity index (χ0v) is 18.2. The zero-order chi connectivity index (χ0) is 21.7. The fraction of sp³-hybridized carbons (Fsp3) is 0.444. The third kappa shape index (κ3) is 4.88. The smallest absolute Gasteiger partial charge is 0.335 e. The third-order valence-corrected chi connectivity index (χ3v) is 6.57. The molecule has 0 atom stereocenters. The summed E-state index contributed by atoms with van der Waals surface area (Å²) in [5, 5.41) is 9.28. The lowest BCUT2D eigenvalue weighted by atomic mass is 9.70. The predicted molar refractivity (Wildman–Crippen MR) is 121 cm³/mol. The molecule has 0 radical (unpaired) electrons. The van der Waals surface area contributed by atoms with Crippen molar-refractivity contribution in [2.45, 2.75) is 69.3 Å². The van der Waals surface area contributed by atoms with E-state index in [2.05, 4.69) is 24.0 Å². The molecule has 0 bridgehead atoms.